The number of hydrogen-bond acceptors (Lipinski definition) is 6. The molecule has 1 N–H and O–H groups in total. The van der Waals surface area contributed by atoms with Crippen molar-refractivity contribution in [1.82, 2.24) is 25.3 Å². The van der Waals surface area contributed by atoms with Crippen molar-refractivity contribution in [3.63, 3.8) is 0 Å². The predicted molar refractivity (Wildman–Crippen MR) is 122 cm³/mol. The first kappa shape index (κ1) is 20.7. The number of nitrogens with one attached hydrogen (secondary N) is 1. The summed E-state index contributed by atoms with van der Waals surface area (Å²) in [4.78, 5) is 22.9. The Bertz CT molecular complexity index is 1210. The zero-order valence-electron chi connectivity index (χ0n) is 17.9. The summed E-state index contributed by atoms with van der Waals surface area (Å²) in [6.45, 7) is 1.66. The van der Waals surface area contributed by atoms with Crippen LogP contribution in [0.5, 0.6) is 5.75 Å². The highest BCUT2D eigenvalue weighted by Gasteiger charge is 2.28. The second-order valence-corrected chi connectivity index (χ2v) is 7.77. The molecule has 3 heterocycles. The van der Waals surface area contributed by atoms with Crippen molar-refractivity contribution in [3.8, 4) is 28.6 Å². The third kappa shape index (κ3) is 4.85. The molecule has 1 fully saturated rings. The molecule has 166 valence electrons. The molecular formula is C25H23N5O3. The molecule has 8 nitrogen and oxygen atoms in total. The highest BCUT2D eigenvalue weighted by molar-refractivity contribution is 5.74. The second kappa shape index (κ2) is 9.52. The van der Waals surface area contributed by atoms with Crippen LogP contribution in [0, 0.1) is 0 Å². The number of urea groups is 1. The van der Waals surface area contributed by atoms with E-state index in [9.17, 15) is 4.79 Å². The number of amides is 2. The van der Waals surface area contributed by atoms with Crippen molar-refractivity contribution in [2.45, 2.75) is 19.1 Å². The van der Waals surface area contributed by atoms with Crippen molar-refractivity contribution < 1.29 is 14.1 Å². The molecule has 0 radical (unpaired) electrons. The summed E-state index contributed by atoms with van der Waals surface area (Å²) in [6.07, 6.45) is 4.00. The molecule has 8 heteroatoms. The number of ether oxygens (including phenoxy) is 1. The lowest BCUT2D eigenvalue weighted by molar-refractivity contribution is 0.187. The number of rotatable bonds is 6. The first-order valence-electron chi connectivity index (χ1n) is 10.8. The van der Waals surface area contributed by atoms with E-state index >= 15 is 0 Å². The fourth-order valence-corrected chi connectivity index (χ4v) is 3.77. The topological polar surface area (TPSA) is 93.4 Å². The highest BCUT2D eigenvalue weighted by Crippen LogP contribution is 2.31. The van der Waals surface area contributed by atoms with Gasteiger partial charge in [-0.1, -0.05) is 47.6 Å². The largest absolute Gasteiger partial charge is 0.488 e. The van der Waals surface area contributed by atoms with Gasteiger partial charge >= 0.3 is 6.03 Å². The van der Waals surface area contributed by atoms with Gasteiger partial charge in [-0.2, -0.15) is 4.98 Å². The van der Waals surface area contributed by atoms with E-state index in [0.717, 1.165) is 23.1 Å². The molecule has 2 aromatic heterocycles. The van der Waals surface area contributed by atoms with E-state index in [0.29, 0.717) is 37.1 Å². The fraction of sp³-hybridized carbons (Fsp3) is 0.200. The number of para-hydroxylation sites is 1. The molecule has 4 aromatic rings. The number of aromatic nitrogens is 3. The molecule has 1 atom stereocenters. The lowest BCUT2D eigenvalue weighted by atomic mass is 10.2. The minimum Gasteiger partial charge on any atom is -0.488 e. The average Bonchev–Trinajstić information content (AvgIpc) is 3.55. The van der Waals surface area contributed by atoms with E-state index < -0.39 is 0 Å². The van der Waals surface area contributed by atoms with Crippen molar-refractivity contribution in [2.75, 3.05) is 13.1 Å². The van der Waals surface area contributed by atoms with Crippen molar-refractivity contribution >= 4 is 6.03 Å². The van der Waals surface area contributed by atoms with E-state index in [1.807, 2.05) is 66.7 Å². The van der Waals surface area contributed by atoms with Crippen molar-refractivity contribution in [1.29, 1.82) is 0 Å². The van der Waals surface area contributed by atoms with Gasteiger partial charge in [-0.25, -0.2) is 4.79 Å². The zero-order chi connectivity index (χ0) is 22.5. The quantitative estimate of drug-likeness (QED) is 0.483. The highest BCUT2D eigenvalue weighted by atomic mass is 16.5. The molecule has 1 aliphatic rings. The van der Waals surface area contributed by atoms with Gasteiger partial charge in [0.2, 0.25) is 5.82 Å². The maximum atomic E-state index is 12.6. The van der Waals surface area contributed by atoms with Crippen LogP contribution in [-0.2, 0) is 6.54 Å². The standard InChI is InChI=1S/C25H23N5O3/c31-25(27-16-18-6-2-1-3-7-18)30-15-12-20(17-30)32-22-9-5-4-8-21(22)24-28-23(29-33-24)19-10-13-26-14-11-19/h1-11,13-14,20H,12,15-17H2,(H,27,31). The van der Waals surface area contributed by atoms with Crippen LogP contribution in [0.25, 0.3) is 22.8 Å². The van der Waals surface area contributed by atoms with E-state index in [1.54, 1.807) is 17.3 Å². The third-order valence-electron chi connectivity index (χ3n) is 5.49. The number of carbonyl (C=O) groups excluding carboxylic acids is 1. The predicted octanol–water partition coefficient (Wildman–Crippen LogP) is 4.16. The van der Waals surface area contributed by atoms with Crippen LogP contribution in [0.1, 0.15) is 12.0 Å². The third-order valence-corrected chi connectivity index (χ3v) is 5.49. The van der Waals surface area contributed by atoms with Crippen molar-refractivity contribution in [2.24, 2.45) is 0 Å². The van der Waals surface area contributed by atoms with Gasteiger partial charge in [0, 0.05) is 37.5 Å². The molecular weight excluding hydrogens is 418 g/mol. The number of benzene rings is 2. The normalized spacial score (nSPS) is 15.4. The fourth-order valence-electron chi connectivity index (χ4n) is 3.77. The Morgan fingerprint density at radius 2 is 1.85 bits per heavy atom. The summed E-state index contributed by atoms with van der Waals surface area (Å²) in [5, 5.41) is 7.06. The molecule has 0 spiro atoms. The summed E-state index contributed by atoms with van der Waals surface area (Å²) < 4.78 is 11.8. The molecule has 1 aliphatic heterocycles. The van der Waals surface area contributed by atoms with Gasteiger partial charge in [0.25, 0.3) is 5.89 Å². The van der Waals surface area contributed by atoms with Gasteiger partial charge in [0.15, 0.2) is 0 Å². The Labute approximate surface area is 191 Å². The van der Waals surface area contributed by atoms with E-state index in [1.165, 1.54) is 0 Å². The summed E-state index contributed by atoms with van der Waals surface area (Å²) >= 11 is 0. The first-order valence-corrected chi connectivity index (χ1v) is 10.8. The Kier molecular flexibility index (Phi) is 5.97. The summed E-state index contributed by atoms with van der Waals surface area (Å²) in [6, 6.07) is 21.0. The minimum absolute atomic E-state index is 0.0860. The second-order valence-electron chi connectivity index (χ2n) is 7.77. The number of pyridine rings is 1. The Hall–Kier alpha value is -4.20. The molecule has 2 amide bonds. The van der Waals surface area contributed by atoms with E-state index in [2.05, 4.69) is 20.4 Å². The lowest BCUT2D eigenvalue weighted by Crippen LogP contribution is -2.39. The van der Waals surface area contributed by atoms with Gasteiger partial charge < -0.3 is 19.5 Å². The average molecular weight is 441 g/mol. The van der Waals surface area contributed by atoms with Gasteiger partial charge in [-0.05, 0) is 29.8 Å². The summed E-state index contributed by atoms with van der Waals surface area (Å²) in [7, 11) is 0. The molecule has 0 aliphatic carbocycles. The van der Waals surface area contributed by atoms with Crippen LogP contribution >= 0.6 is 0 Å². The maximum absolute atomic E-state index is 12.6. The van der Waals surface area contributed by atoms with Crippen LogP contribution in [0.2, 0.25) is 0 Å². The van der Waals surface area contributed by atoms with Crippen LogP contribution in [0.15, 0.2) is 83.6 Å². The molecule has 0 saturated carbocycles. The zero-order valence-corrected chi connectivity index (χ0v) is 17.9. The lowest BCUT2D eigenvalue weighted by Gasteiger charge is -2.18. The molecule has 1 unspecified atom stereocenters. The van der Waals surface area contributed by atoms with Gasteiger partial charge in [0.1, 0.15) is 11.9 Å². The number of hydrogen-bond donors (Lipinski definition) is 1. The molecule has 0 bridgehead atoms. The molecule has 33 heavy (non-hydrogen) atoms. The smallest absolute Gasteiger partial charge is 0.317 e. The number of likely N-dealkylation sites (tertiary alicyclic amines) is 1. The van der Waals surface area contributed by atoms with Crippen LogP contribution in [0.3, 0.4) is 0 Å². The maximum Gasteiger partial charge on any atom is 0.317 e. The van der Waals surface area contributed by atoms with Crippen LogP contribution in [0.4, 0.5) is 4.79 Å². The molecule has 1 saturated heterocycles. The first-order chi connectivity index (χ1) is 16.3. The number of nitrogens with zero attached hydrogens (tertiary/aromatic N) is 4. The Balaban J connectivity index is 1.23. The molecule has 2 aromatic carbocycles. The van der Waals surface area contributed by atoms with Gasteiger partial charge in [-0.15, -0.1) is 0 Å². The van der Waals surface area contributed by atoms with E-state index in [-0.39, 0.29) is 12.1 Å². The van der Waals surface area contributed by atoms with Gasteiger partial charge in [0.05, 0.1) is 12.1 Å². The summed E-state index contributed by atoms with van der Waals surface area (Å²) in [5.74, 6) is 1.52. The van der Waals surface area contributed by atoms with E-state index in [4.69, 9.17) is 9.26 Å². The molecule has 5 rings (SSSR count). The Morgan fingerprint density at radius 3 is 2.70 bits per heavy atom. The monoisotopic (exact) mass is 441 g/mol. The minimum atomic E-state index is -0.115. The number of carbonyl (C=O) groups is 1. The van der Waals surface area contributed by atoms with Crippen LogP contribution < -0.4 is 10.1 Å². The Morgan fingerprint density at radius 1 is 1.06 bits per heavy atom. The van der Waals surface area contributed by atoms with Crippen molar-refractivity contribution in [3.05, 3.63) is 84.7 Å². The summed E-state index contributed by atoms with van der Waals surface area (Å²) in [5.41, 5.74) is 2.61. The van der Waals surface area contributed by atoms with Gasteiger partial charge in [-0.3, -0.25) is 4.98 Å². The SMILES string of the molecule is O=C(NCc1ccccc1)N1CCC(Oc2ccccc2-c2nc(-c3ccncc3)no2)C1. The van der Waals surface area contributed by atoms with Crippen LogP contribution in [-0.4, -0.2) is 45.2 Å².